The van der Waals surface area contributed by atoms with E-state index in [1.54, 1.807) is 0 Å². The number of hydrogen-bond donors (Lipinski definition) is 1. The second-order valence-corrected chi connectivity index (χ2v) is 3.65. The van der Waals surface area contributed by atoms with E-state index in [4.69, 9.17) is 0 Å². The van der Waals surface area contributed by atoms with Crippen molar-refractivity contribution < 1.29 is 0 Å². The van der Waals surface area contributed by atoms with Crippen molar-refractivity contribution in [3.8, 4) is 0 Å². The molecule has 13 heavy (non-hydrogen) atoms. The third kappa shape index (κ3) is 1.41. The summed E-state index contributed by atoms with van der Waals surface area (Å²) in [4.78, 5) is 2.35. The summed E-state index contributed by atoms with van der Waals surface area (Å²) in [5, 5.41) is 11.1. The minimum atomic E-state index is 0.573. The van der Waals surface area contributed by atoms with Crippen LogP contribution in [0.25, 0.3) is 0 Å². The molecule has 2 rings (SSSR count). The first-order valence-corrected chi connectivity index (χ1v) is 4.99. The fourth-order valence-electron chi connectivity index (χ4n) is 1.82. The van der Waals surface area contributed by atoms with Gasteiger partial charge in [-0.2, -0.15) is 10.3 Å². The highest BCUT2D eigenvalue weighted by atomic mass is 15.4. The first-order valence-electron chi connectivity index (χ1n) is 4.99. The summed E-state index contributed by atoms with van der Waals surface area (Å²) >= 11 is 0. The van der Waals surface area contributed by atoms with Gasteiger partial charge in [0.15, 0.2) is 5.82 Å². The maximum absolute atomic E-state index is 4.20. The molecule has 0 saturated carbocycles. The van der Waals surface area contributed by atoms with Crippen molar-refractivity contribution in [2.45, 2.75) is 39.2 Å². The van der Waals surface area contributed by atoms with Crippen LogP contribution in [0, 0.1) is 0 Å². The molecule has 4 nitrogen and oxygen atoms in total. The number of fused-ring (bicyclic) bond motifs is 1. The number of H-pyrrole nitrogens is 1. The highest BCUT2D eigenvalue weighted by molar-refractivity contribution is 5.45. The average Bonchev–Trinajstić information content (AvgIpc) is 2.63. The van der Waals surface area contributed by atoms with E-state index in [1.807, 2.05) is 0 Å². The maximum atomic E-state index is 4.20. The molecule has 0 bridgehead atoms. The topological polar surface area (TPSA) is 44.8 Å². The van der Waals surface area contributed by atoms with Gasteiger partial charge in [0, 0.05) is 12.6 Å². The van der Waals surface area contributed by atoms with E-state index in [0.717, 1.165) is 30.9 Å². The molecule has 72 valence electrons. The summed E-state index contributed by atoms with van der Waals surface area (Å²) < 4.78 is 0. The number of anilines is 1. The van der Waals surface area contributed by atoms with E-state index < -0.39 is 0 Å². The quantitative estimate of drug-likeness (QED) is 0.747. The van der Waals surface area contributed by atoms with Crippen molar-refractivity contribution in [3.63, 3.8) is 0 Å². The van der Waals surface area contributed by atoms with Crippen LogP contribution in [0.1, 0.15) is 32.4 Å². The molecule has 0 radical (unpaired) electrons. The third-order valence-electron chi connectivity index (χ3n) is 2.81. The van der Waals surface area contributed by atoms with Crippen LogP contribution in [0.4, 0.5) is 5.82 Å². The molecule has 0 aliphatic carbocycles. The molecule has 0 fully saturated rings. The van der Waals surface area contributed by atoms with Gasteiger partial charge < -0.3 is 4.90 Å². The molecule has 1 unspecified atom stereocenters. The van der Waals surface area contributed by atoms with E-state index in [1.165, 1.54) is 6.42 Å². The van der Waals surface area contributed by atoms with Gasteiger partial charge in [-0.25, -0.2) is 0 Å². The first-order chi connectivity index (χ1) is 6.33. The van der Waals surface area contributed by atoms with Gasteiger partial charge >= 0.3 is 0 Å². The minimum Gasteiger partial charge on any atom is -0.351 e. The van der Waals surface area contributed by atoms with Crippen LogP contribution < -0.4 is 4.90 Å². The SMILES string of the molecule is CCC(C)N1CCCc2n[nH]nc21. The smallest absolute Gasteiger partial charge is 0.174 e. The maximum Gasteiger partial charge on any atom is 0.174 e. The van der Waals surface area contributed by atoms with E-state index in [9.17, 15) is 0 Å². The zero-order chi connectivity index (χ0) is 9.26. The molecule has 2 heterocycles. The number of rotatable bonds is 2. The molecule has 1 aromatic heterocycles. The zero-order valence-electron chi connectivity index (χ0n) is 8.25. The lowest BCUT2D eigenvalue weighted by Gasteiger charge is -2.31. The van der Waals surface area contributed by atoms with Gasteiger partial charge in [0.25, 0.3) is 0 Å². The lowest BCUT2D eigenvalue weighted by Crippen LogP contribution is -2.37. The van der Waals surface area contributed by atoms with E-state index in [2.05, 4.69) is 34.2 Å². The van der Waals surface area contributed by atoms with Crippen LogP contribution in [-0.2, 0) is 6.42 Å². The van der Waals surface area contributed by atoms with Crippen LogP contribution in [0.15, 0.2) is 0 Å². The minimum absolute atomic E-state index is 0.573. The number of aromatic nitrogens is 3. The largest absolute Gasteiger partial charge is 0.351 e. The second kappa shape index (κ2) is 3.36. The molecule has 0 amide bonds. The highest BCUT2D eigenvalue weighted by Crippen LogP contribution is 2.24. The van der Waals surface area contributed by atoms with Crippen LogP contribution in [0.2, 0.25) is 0 Å². The highest BCUT2D eigenvalue weighted by Gasteiger charge is 2.23. The summed E-state index contributed by atoms with van der Waals surface area (Å²) in [5.74, 6) is 1.07. The number of hydrogen-bond acceptors (Lipinski definition) is 3. The lowest BCUT2D eigenvalue weighted by atomic mass is 10.1. The fourth-order valence-corrected chi connectivity index (χ4v) is 1.82. The number of nitrogens with zero attached hydrogens (tertiary/aromatic N) is 3. The van der Waals surface area contributed by atoms with E-state index in [0.29, 0.717) is 6.04 Å². The molecule has 1 atom stereocenters. The Labute approximate surface area is 78.3 Å². The summed E-state index contributed by atoms with van der Waals surface area (Å²) in [6, 6.07) is 0.573. The second-order valence-electron chi connectivity index (χ2n) is 3.65. The Balaban J connectivity index is 2.24. The fraction of sp³-hybridized carbons (Fsp3) is 0.778. The zero-order valence-corrected chi connectivity index (χ0v) is 8.25. The van der Waals surface area contributed by atoms with Crippen molar-refractivity contribution in [1.82, 2.24) is 15.4 Å². The van der Waals surface area contributed by atoms with Gasteiger partial charge in [-0.05, 0) is 26.2 Å². The van der Waals surface area contributed by atoms with Crippen molar-refractivity contribution in [2.75, 3.05) is 11.4 Å². The monoisotopic (exact) mass is 180 g/mol. The first kappa shape index (κ1) is 8.53. The lowest BCUT2D eigenvalue weighted by molar-refractivity contribution is 0.572. The van der Waals surface area contributed by atoms with Gasteiger partial charge in [0.1, 0.15) is 5.69 Å². The predicted octanol–water partition coefficient (Wildman–Crippen LogP) is 1.36. The molecule has 1 aliphatic rings. The Morgan fingerprint density at radius 2 is 2.38 bits per heavy atom. The Morgan fingerprint density at radius 3 is 3.15 bits per heavy atom. The molecule has 0 aromatic carbocycles. The normalized spacial score (nSPS) is 18.5. The molecular formula is C9H16N4. The average molecular weight is 180 g/mol. The van der Waals surface area contributed by atoms with Crippen molar-refractivity contribution in [2.24, 2.45) is 0 Å². The van der Waals surface area contributed by atoms with Crippen molar-refractivity contribution in [3.05, 3.63) is 5.69 Å². The van der Waals surface area contributed by atoms with Gasteiger partial charge in [-0.1, -0.05) is 6.92 Å². The Bertz CT molecular complexity index is 281. The Hall–Kier alpha value is -1.06. The van der Waals surface area contributed by atoms with Crippen LogP contribution in [0.3, 0.4) is 0 Å². The number of aromatic amines is 1. The molecular weight excluding hydrogens is 164 g/mol. The molecule has 1 aliphatic heterocycles. The number of nitrogens with one attached hydrogen (secondary N) is 1. The Morgan fingerprint density at radius 1 is 1.54 bits per heavy atom. The molecule has 1 aromatic rings. The standard InChI is InChI=1S/C9H16N4/c1-3-7(2)13-6-4-5-8-9(13)11-12-10-8/h7H,3-6H2,1-2H3,(H,10,11,12). The van der Waals surface area contributed by atoms with Crippen LogP contribution >= 0.6 is 0 Å². The van der Waals surface area contributed by atoms with Crippen LogP contribution in [0.5, 0.6) is 0 Å². The summed E-state index contributed by atoms with van der Waals surface area (Å²) in [6.45, 7) is 5.57. The van der Waals surface area contributed by atoms with Gasteiger partial charge in [-0.15, -0.1) is 5.10 Å². The van der Waals surface area contributed by atoms with Gasteiger partial charge in [0.05, 0.1) is 0 Å². The summed E-state index contributed by atoms with van der Waals surface area (Å²) in [6.07, 6.45) is 3.43. The van der Waals surface area contributed by atoms with Gasteiger partial charge in [-0.3, -0.25) is 0 Å². The van der Waals surface area contributed by atoms with E-state index >= 15 is 0 Å². The molecule has 0 spiro atoms. The molecule has 1 N–H and O–H groups in total. The van der Waals surface area contributed by atoms with E-state index in [-0.39, 0.29) is 0 Å². The summed E-state index contributed by atoms with van der Waals surface area (Å²) in [5.41, 5.74) is 1.13. The molecule has 0 saturated heterocycles. The van der Waals surface area contributed by atoms with Crippen molar-refractivity contribution >= 4 is 5.82 Å². The van der Waals surface area contributed by atoms with Crippen molar-refractivity contribution in [1.29, 1.82) is 0 Å². The molecule has 4 heteroatoms. The summed E-state index contributed by atoms with van der Waals surface area (Å²) in [7, 11) is 0. The Kier molecular flexibility index (Phi) is 2.20. The third-order valence-corrected chi connectivity index (χ3v) is 2.81. The number of aryl methyl sites for hydroxylation is 1. The van der Waals surface area contributed by atoms with Crippen LogP contribution in [-0.4, -0.2) is 28.0 Å². The predicted molar refractivity (Wildman–Crippen MR) is 51.8 cm³/mol. The van der Waals surface area contributed by atoms with Gasteiger partial charge in [0.2, 0.25) is 0 Å².